The number of nitrogens with zero attached hydrogens (tertiary/aromatic N) is 3. The molecule has 0 fully saturated rings. The summed E-state index contributed by atoms with van der Waals surface area (Å²) >= 11 is 3.35. The summed E-state index contributed by atoms with van der Waals surface area (Å²) in [6, 6.07) is 0. The van der Waals surface area contributed by atoms with Gasteiger partial charge in [0.25, 0.3) is 0 Å². The second-order valence-electron chi connectivity index (χ2n) is 3.35. The molecule has 0 aliphatic carbocycles. The van der Waals surface area contributed by atoms with Crippen molar-refractivity contribution in [3.63, 3.8) is 0 Å². The minimum Gasteiger partial charge on any atom is -0.359 e. The van der Waals surface area contributed by atoms with E-state index in [9.17, 15) is 4.79 Å². The average molecular weight is 303 g/mol. The Balaban J connectivity index is 2.73. The lowest BCUT2D eigenvalue weighted by molar-refractivity contribution is -0.120. The van der Waals surface area contributed by atoms with E-state index in [1.54, 1.807) is 13.2 Å². The minimum absolute atomic E-state index is 0.0146. The van der Waals surface area contributed by atoms with Crippen LogP contribution in [0.3, 0.4) is 0 Å². The zero-order valence-electron chi connectivity index (χ0n) is 9.70. The molecule has 8 heteroatoms. The molecular formula is C9H15BrN6O. The average Bonchev–Trinajstić information content (AvgIpc) is 2.36. The third-order valence-electron chi connectivity index (χ3n) is 2.17. The monoisotopic (exact) mass is 302 g/mol. The number of nitrogens with one attached hydrogen (secondary N) is 2. The number of rotatable bonds is 5. The number of hydrogen-bond acceptors (Lipinski definition) is 6. The number of amides is 1. The summed E-state index contributed by atoms with van der Waals surface area (Å²) in [4.78, 5) is 21.1. The van der Waals surface area contributed by atoms with Crippen molar-refractivity contribution in [2.24, 2.45) is 5.84 Å². The standard InChI is InChI=1S/C9H15BrN6O/c1-12-7(17)3-4-16(2)8-6(10)5-13-9(14-8)15-11/h5H,3-4,11H2,1-2H3,(H,12,17)(H,13,14,15). The van der Waals surface area contributed by atoms with Crippen molar-refractivity contribution < 1.29 is 4.79 Å². The van der Waals surface area contributed by atoms with Gasteiger partial charge in [0.1, 0.15) is 5.82 Å². The second-order valence-corrected chi connectivity index (χ2v) is 4.21. The van der Waals surface area contributed by atoms with Gasteiger partial charge < -0.3 is 10.2 Å². The van der Waals surface area contributed by atoms with Crippen LogP contribution in [0, 0.1) is 0 Å². The van der Waals surface area contributed by atoms with Crippen molar-refractivity contribution in [2.75, 3.05) is 31.0 Å². The van der Waals surface area contributed by atoms with Gasteiger partial charge in [0, 0.05) is 33.3 Å². The van der Waals surface area contributed by atoms with Crippen LogP contribution in [0.15, 0.2) is 10.7 Å². The molecule has 17 heavy (non-hydrogen) atoms. The summed E-state index contributed by atoms with van der Waals surface area (Å²) in [5, 5.41) is 2.57. The molecule has 0 radical (unpaired) electrons. The van der Waals surface area contributed by atoms with Crippen LogP contribution in [0.2, 0.25) is 0 Å². The van der Waals surface area contributed by atoms with E-state index in [4.69, 9.17) is 5.84 Å². The number of anilines is 2. The lowest BCUT2D eigenvalue weighted by Gasteiger charge is -2.19. The Morgan fingerprint density at radius 1 is 1.65 bits per heavy atom. The van der Waals surface area contributed by atoms with Crippen LogP contribution < -0.4 is 21.5 Å². The van der Waals surface area contributed by atoms with Crippen molar-refractivity contribution in [3.8, 4) is 0 Å². The molecule has 0 saturated carbocycles. The van der Waals surface area contributed by atoms with Crippen LogP contribution in [0.5, 0.6) is 0 Å². The minimum atomic E-state index is -0.0146. The molecule has 94 valence electrons. The largest absolute Gasteiger partial charge is 0.359 e. The van der Waals surface area contributed by atoms with Crippen molar-refractivity contribution in [2.45, 2.75) is 6.42 Å². The normalized spacial score (nSPS) is 9.88. The maximum Gasteiger partial charge on any atom is 0.239 e. The molecule has 0 atom stereocenters. The Labute approximate surface area is 108 Å². The molecule has 0 saturated heterocycles. The molecule has 0 bridgehead atoms. The quantitative estimate of drug-likeness (QED) is 0.527. The number of hydrogen-bond donors (Lipinski definition) is 3. The van der Waals surface area contributed by atoms with Gasteiger partial charge >= 0.3 is 0 Å². The van der Waals surface area contributed by atoms with Crippen molar-refractivity contribution in [1.29, 1.82) is 0 Å². The smallest absolute Gasteiger partial charge is 0.239 e. The van der Waals surface area contributed by atoms with Gasteiger partial charge in [0.15, 0.2) is 0 Å². The van der Waals surface area contributed by atoms with Gasteiger partial charge in [-0.3, -0.25) is 10.2 Å². The van der Waals surface area contributed by atoms with Gasteiger partial charge in [0.05, 0.1) is 4.47 Å². The number of halogens is 1. The molecule has 0 aliphatic heterocycles. The molecule has 4 N–H and O–H groups in total. The van der Waals surface area contributed by atoms with Gasteiger partial charge in [-0.05, 0) is 15.9 Å². The first-order valence-electron chi connectivity index (χ1n) is 4.99. The SMILES string of the molecule is CNC(=O)CCN(C)c1nc(NN)ncc1Br. The van der Waals surface area contributed by atoms with E-state index >= 15 is 0 Å². The summed E-state index contributed by atoms with van der Waals surface area (Å²) < 4.78 is 0.746. The fraction of sp³-hybridized carbons (Fsp3) is 0.444. The first kappa shape index (κ1) is 13.7. The van der Waals surface area contributed by atoms with Gasteiger partial charge in [-0.2, -0.15) is 4.98 Å². The molecule has 1 rings (SSSR count). The van der Waals surface area contributed by atoms with Gasteiger partial charge in [-0.1, -0.05) is 0 Å². The van der Waals surface area contributed by atoms with Crippen LogP contribution in [-0.2, 0) is 4.79 Å². The molecule has 1 amide bonds. The molecule has 0 aliphatic rings. The Morgan fingerprint density at radius 2 is 2.35 bits per heavy atom. The number of hydrazine groups is 1. The lowest BCUT2D eigenvalue weighted by Crippen LogP contribution is -2.27. The Bertz CT molecular complexity index is 399. The maximum absolute atomic E-state index is 11.1. The van der Waals surface area contributed by atoms with Crippen LogP contribution in [0.4, 0.5) is 11.8 Å². The number of aromatic nitrogens is 2. The highest BCUT2D eigenvalue weighted by atomic mass is 79.9. The third kappa shape index (κ3) is 3.82. The number of nitrogen functional groups attached to an aromatic ring is 1. The summed E-state index contributed by atoms with van der Waals surface area (Å²) in [6.07, 6.45) is 2.00. The summed E-state index contributed by atoms with van der Waals surface area (Å²) in [7, 11) is 3.45. The Morgan fingerprint density at radius 3 is 2.94 bits per heavy atom. The Kier molecular flexibility index (Phi) is 5.11. The fourth-order valence-corrected chi connectivity index (χ4v) is 1.69. The van der Waals surface area contributed by atoms with E-state index < -0.39 is 0 Å². The molecule has 0 spiro atoms. The number of carbonyl (C=O) groups excluding carboxylic acids is 1. The van der Waals surface area contributed by atoms with E-state index in [2.05, 4.69) is 36.6 Å². The van der Waals surface area contributed by atoms with Gasteiger partial charge in [-0.15, -0.1) is 0 Å². The third-order valence-corrected chi connectivity index (χ3v) is 2.73. The van der Waals surface area contributed by atoms with Gasteiger partial charge in [0.2, 0.25) is 11.9 Å². The fourth-order valence-electron chi connectivity index (χ4n) is 1.20. The number of nitrogens with two attached hydrogens (primary N) is 1. The number of carbonyl (C=O) groups is 1. The molecule has 1 aromatic rings. The molecule has 0 aromatic carbocycles. The van der Waals surface area contributed by atoms with Crippen molar-refractivity contribution >= 4 is 33.6 Å². The highest BCUT2D eigenvalue weighted by Crippen LogP contribution is 2.23. The van der Waals surface area contributed by atoms with Gasteiger partial charge in [-0.25, -0.2) is 10.8 Å². The summed E-state index contributed by atoms with van der Waals surface area (Å²) in [5.41, 5.74) is 2.38. The lowest BCUT2D eigenvalue weighted by atomic mass is 10.3. The van der Waals surface area contributed by atoms with Crippen LogP contribution >= 0.6 is 15.9 Å². The second kappa shape index (κ2) is 6.36. The van der Waals surface area contributed by atoms with Crippen LogP contribution in [0.25, 0.3) is 0 Å². The summed E-state index contributed by atoms with van der Waals surface area (Å²) in [6.45, 7) is 0.555. The van der Waals surface area contributed by atoms with E-state index in [-0.39, 0.29) is 5.91 Å². The van der Waals surface area contributed by atoms with E-state index in [1.807, 2.05) is 11.9 Å². The molecular weight excluding hydrogens is 288 g/mol. The zero-order chi connectivity index (χ0) is 12.8. The highest BCUT2D eigenvalue weighted by molar-refractivity contribution is 9.10. The molecule has 1 heterocycles. The molecule has 7 nitrogen and oxygen atoms in total. The van der Waals surface area contributed by atoms with E-state index in [0.717, 1.165) is 4.47 Å². The topological polar surface area (TPSA) is 96.2 Å². The first-order valence-corrected chi connectivity index (χ1v) is 5.78. The Hall–Kier alpha value is -1.41. The zero-order valence-corrected chi connectivity index (χ0v) is 11.3. The van der Waals surface area contributed by atoms with E-state index in [1.165, 1.54) is 0 Å². The predicted octanol–water partition coefficient (Wildman–Crippen LogP) is 0.0970. The van der Waals surface area contributed by atoms with E-state index in [0.29, 0.717) is 24.7 Å². The molecule has 0 unspecified atom stereocenters. The maximum atomic E-state index is 11.1. The summed E-state index contributed by atoms with van der Waals surface area (Å²) in [5.74, 6) is 6.23. The predicted molar refractivity (Wildman–Crippen MR) is 69.5 cm³/mol. The molecule has 1 aromatic heterocycles. The van der Waals surface area contributed by atoms with Crippen LogP contribution in [0.1, 0.15) is 6.42 Å². The first-order chi connectivity index (χ1) is 8.08. The van der Waals surface area contributed by atoms with Crippen molar-refractivity contribution in [1.82, 2.24) is 15.3 Å². The van der Waals surface area contributed by atoms with Crippen LogP contribution in [-0.4, -0.2) is 36.5 Å². The highest BCUT2D eigenvalue weighted by Gasteiger charge is 2.10. The van der Waals surface area contributed by atoms with Crippen molar-refractivity contribution in [3.05, 3.63) is 10.7 Å².